The van der Waals surface area contributed by atoms with Crippen LogP contribution in [0.2, 0.25) is 0 Å². The lowest BCUT2D eigenvalue weighted by Gasteiger charge is -2.35. The highest BCUT2D eigenvalue weighted by atomic mass is 16.2. The van der Waals surface area contributed by atoms with Crippen LogP contribution in [0.5, 0.6) is 0 Å². The van der Waals surface area contributed by atoms with Gasteiger partial charge in [-0.1, -0.05) is 41.0 Å². The Bertz CT molecular complexity index is 283. The van der Waals surface area contributed by atoms with Gasteiger partial charge in [-0.25, -0.2) is 0 Å². The summed E-state index contributed by atoms with van der Waals surface area (Å²) in [5, 5.41) is 3.82. The summed E-state index contributed by atoms with van der Waals surface area (Å²) in [6.07, 6.45) is 5.96. The van der Waals surface area contributed by atoms with Crippen LogP contribution in [0, 0.1) is 11.8 Å². The minimum absolute atomic E-state index is 0.133. The number of carbonyl (C=O) groups excluding carboxylic acids is 1. The van der Waals surface area contributed by atoms with Gasteiger partial charge in [-0.15, -0.1) is 0 Å². The summed E-state index contributed by atoms with van der Waals surface area (Å²) in [7, 11) is 0. The number of rotatable bonds is 7. The van der Waals surface area contributed by atoms with E-state index in [-0.39, 0.29) is 5.92 Å². The third kappa shape index (κ3) is 5.43. The minimum atomic E-state index is 0.133. The molecule has 1 amide bonds. The fraction of sp³-hybridized carbons (Fsp3) is 0.941. The molecule has 0 radical (unpaired) electrons. The molecule has 0 saturated carbocycles. The number of piperidine rings is 1. The van der Waals surface area contributed by atoms with Crippen LogP contribution in [-0.2, 0) is 4.79 Å². The summed E-state index contributed by atoms with van der Waals surface area (Å²) in [5.41, 5.74) is 0. The van der Waals surface area contributed by atoms with Crippen LogP contribution in [-0.4, -0.2) is 36.0 Å². The highest BCUT2D eigenvalue weighted by Crippen LogP contribution is 2.17. The van der Waals surface area contributed by atoms with E-state index >= 15 is 0 Å². The van der Waals surface area contributed by atoms with Crippen molar-refractivity contribution in [2.24, 2.45) is 11.8 Å². The van der Waals surface area contributed by atoms with E-state index in [0.717, 1.165) is 31.8 Å². The lowest BCUT2D eigenvalue weighted by atomic mass is 9.95. The maximum absolute atomic E-state index is 12.0. The highest BCUT2D eigenvalue weighted by Gasteiger charge is 2.25. The van der Waals surface area contributed by atoms with E-state index in [0.29, 0.717) is 18.0 Å². The van der Waals surface area contributed by atoms with Gasteiger partial charge in [-0.05, 0) is 31.6 Å². The monoisotopic (exact) mass is 282 g/mol. The standard InChI is InChI=1S/C17H34N2O/c1-6-14(5)12-15(7-2)18-16-8-10-19(11-9-16)17(20)13(3)4/h13-16,18H,6-12H2,1-5H3. The van der Waals surface area contributed by atoms with Crippen LogP contribution in [0.25, 0.3) is 0 Å². The Morgan fingerprint density at radius 3 is 2.20 bits per heavy atom. The number of hydrogen-bond acceptors (Lipinski definition) is 2. The van der Waals surface area contributed by atoms with Crippen molar-refractivity contribution in [2.45, 2.75) is 78.8 Å². The molecule has 2 unspecified atom stereocenters. The topological polar surface area (TPSA) is 32.3 Å². The predicted molar refractivity (Wildman–Crippen MR) is 85.7 cm³/mol. The van der Waals surface area contributed by atoms with Crippen molar-refractivity contribution in [3.05, 3.63) is 0 Å². The molecule has 1 aliphatic rings. The van der Waals surface area contributed by atoms with Crippen LogP contribution in [0.1, 0.15) is 66.7 Å². The maximum Gasteiger partial charge on any atom is 0.225 e. The van der Waals surface area contributed by atoms with Gasteiger partial charge in [-0.3, -0.25) is 4.79 Å². The molecule has 1 rings (SSSR count). The molecule has 1 saturated heterocycles. The van der Waals surface area contributed by atoms with Gasteiger partial charge in [0, 0.05) is 31.1 Å². The van der Waals surface area contributed by atoms with Gasteiger partial charge in [0.15, 0.2) is 0 Å². The molecule has 1 fully saturated rings. The molecule has 0 aromatic heterocycles. The van der Waals surface area contributed by atoms with E-state index in [1.165, 1.54) is 19.3 Å². The second-order valence-electron chi connectivity index (χ2n) is 6.78. The first kappa shape index (κ1) is 17.5. The van der Waals surface area contributed by atoms with Gasteiger partial charge >= 0.3 is 0 Å². The Morgan fingerprint density at radius 2 is 1.75 bits per heavy atom. The molecular formula is C17H34N2O. The van der Waals surface area contributed by atoms with Crippen molar-refractivity contribution < 1.29 is 4.79 Å². The molecule has 1 aliphatic heterocycles. The van der Waals surface area contributed by atoms with E-state index in [4.69, 9.17) is 0 Å². The van der Waals surface area contributed by atoms with E-state index in [1.54, 1.807) is 0 Å². The summed E-state index contributed by atoms with van der Waals surface area (Å²) in [4.78, 5) is 14.0. The summed E-state index contributed by atoms with van der Waals surface area (Å²) in [6, 6.07) is 1.24. The zero-order chi connectivity index (χ0) is 15.1. The number of likely N-dealkylation sites (tertiary alicyclic amines) is 1. The van der Waals surface area contributed by atoms with Crippen molar-refractivity contribution in [2.75, 3.05) is 13.1 Å². The third-order valence-corrected chi connectivity index (χ3v) is 4.65. The average molecular weight is 282 g/mol. The number of hydrogen-bond donors (Lipinski definition) is 1. The number of amides is 1. The van der Waals surface area contributed by atoms with Crippen LogP contribution in [0.4, 0.5) is 0 Å². The second-order valence-corrected chi connectivity index (χ2v) is 6.78. The Kier molecular flexibility index (Phi) is 7.57. The maximum atomic E-state index is 12.0. The molecule has 1 N–H and O–H groups in total. The normalized spacial score (nSPS) is 20.2. The smallest absolute Gasteiger partial charge is 0.225 e. The quantitative estimate of drug-likeness (QED) is 0.776. The van der Waals surface area contributed by atoms with Gasteiger partial charge in [0.2, 0.25) is 5.91 Å². The molecule has 0 spiro atoms. The number of nitrogens with one attached hydrogen (secondary N) is 1. The van der Waals surface area contributed by atoms with Crippen molar-refractivity contribution in [3.8, 4) is 0 Å². The first-order valence-corrected chi connectivity index (χ1v) is 8.52. The van der Waals surface area contributed by atoms with Gasteiger partial charge in [-0.2, -0.15) is 0 Å². The van der Waals surface area contributed by atoms with Crippen molar-refractivity contribution in [3.63, 3.8) is 0 Å². The van der Waals surface area contributed by atoms with Crippen molar-refractivity contribution >= 4 is 5.91 Å². The van der Waals surface area contributed by atoms with Crippen LogP contribution in [0.3, 0.4) is 0 Å². The Morgan fingerprint density at radius 1 is 1.15 bits per heavy atom. The van der Waals surface area contributed by atoms with Crippen LogP contribution < -0.4 is 5.32 Å². The third-order valence-electron chi connectivity index (χ3n) is 4.65. The molecule has 0 bridgehead atoms. The number of nitrogens with zero attached hydrogens (tertiary/aromatic N) is 1. The molecule has 0 aliphatic carbocycles. The Hall–Kier alpha value is -0.570. The zero-order valence-electron chi connectivity index (χ0n) is 14.1. The molecule has 20 heavy (non-hydrogen) atoms. The van der Waals surface area contributed by atoms with E-state index in [2.05, 4.69) is 26.1 Å². The molecule has 3 nitrogen and oxygen atoms in total. The molecular weight excluding hydrogens is 248 g/mol. The highest BCUT2D eigenvalue weighted by molar-refractivity contribution is 5.78. The van der Waals surface area contributed by atoms with Crippen LogP contribution in [0.15, 0.2) is 0 Å². The first-order chi connectivity index (χ1) is 9.47. The average Bonchev–Trinajstić information content (AvgIpc) is 2.46. The summed E-state index contributed by atoms with van der Waals surface area (Å²) >= 11 is 0. The molecule has 0 aromatic rings. The van der Waals surface area contributed by atoms with Crippen molar-refractivity contribution in [1.82, 2.24) is 10.2 Å². The predicted octanol–water partition coefficient (Wildman–Crippen LogP) is 3.44. The molecule has 1 heterocycles. The van der Waals surface area contributed by atoms with E-state index in [9.17, 15) is 4.79 Å². The van der Waals surface area contributed by atoms with Gasteiger partial charge in [0.1, 0.15) is 0 Å². The van der Waals surface area contributed by atoms with Gasteiger partial charge in [0.05, 0.1) is 0 Å². The summed E-state index contributed by atoms with van der Waals surface area (Å²) < 4.78 is 0. The first-order valence-electron chi connectivity index (χ1n) is 8.52. The second kappa shape index (κ2) is 8.66. The SMILES string of the molecule is CCC(C)CC(CC)NC1CCN(C(=O)C(C)C)CC1. The Labute approximate surface area is 125 Å². The molecule has 118 valence electrons. The van der Waals surface area contributed by atoms with E-state index < -0.39 is 0 Å². The summed E-state index contributed by atoms with van der Waals surface area (Å²) in [5.74, 6) is 1.25. The Balaban J connectivity index is 2.35. The zero-order valence-corrected chi connectivity index (χ0v) is 14.1. The fourth-order valence-corrected chi connectivity index (χ4v) is 2.97. The number of carbonyl (C=O) groups is 1. The van der Waals surface area contributed by atoms with E-state index in [1.807, 2.05) is 18.7 Å². The largest absolute Gasteiger partial charge is 0.342 e. The minimum Gasteiger partial charge on any atom is -0.342 e. The van der Waals surface area contributed by atoms with Gasteiger partial charge in [0.25, 0.3) is 0 Å². The lowest BCUT2D eigenvalue weighted by molar-refractivity contribution is -0.135. The van der Waals surface area contributed by atoms with Gasteiger partial charge < -0.3 is 10.2 Å². The fourth-order valence-electron chi connectivity index (χ4n) is 2.97. The lowest BCUT2D eigenvalue weighted by Crippen LogP contribution is -2.48. The molecule has 3 heteroatoms. The molecule has 0 aromatic carbocycles. The summed E-state index contributed by atoms with van der Waals surface area (Å²) in [6.45, 7) is 12.7. The van der Waals surface area contributed by atoms with Crippen LogP contribution >= 0.6 is 0 Å². The molecule has 2 atom stereocenters. The van der Waals surface area contributed by atoms with Crippen molar-refractivity contribution in [1.29, 1.82) is 0 Å².